The van der Waals surface area contributed by atoms with Gasteiger partial charge in [0.25, 0.3) is 0 Å². The summed E-state index contributed by atoms with van der Waals surface area (Å²) in [5.41, 5.74) is 0.991. The van der Waals surface area contributed by atoms with Crippen LogP contribution >= 0.6 is 0 Å². The highest BCUT2D eigenvalue weighted by molar-refractivity contribution is 5.78. The van der Waals surface area contributed by atoms with Crippen LogP contribution in [0.15, 0.2) is 6.20 Å². The molecule has 0 radical (unpaired) electrons. The molecule has 0 atom stereocenters. The van der Waals surface area contributed by atoms with Gasteiger partial charge in [0, 0.05) is 18.7 Å². The van der Waals surface area contributed by atoms with Gasteiger partial charge >= 0.3 is 12.0 Å². The van der Waals surface area contributed by atoms with Crippen molar-refractivity contribution >= 4 is 6.03 Å². The monoisotopic (exact) mass is 293 g/mol. The van der Waals surface area contributed by atoms with Crippen molar-refractivity contribution in [2.45, 2.75) is 58.3 Å². The van der Waals surface area contributed by atoms with Gasteiger partial charge in [-0.3, -0.25) is 0 Å². The van der Waals surface area contributed by atoms with Crippen molar-refractivity contribution in [1.82, 2.24) is 14.9 Å². The number of rotatable bonds is 5. The zero-order chi connectivity index (χ0) is 15.2. The first-order chi connectivity index (χ1) is 10.1. The van der Waals surface area contributed by atoms with Crippen LogP contribution in [-0.4, -0.2) is 29.2 Å². The van der Waals surface area contributed by atoms with Gasteiger partial charge in [-0.05, 0) is 25.2 Å². The van der Waals surface area contributed by atoms with Crippen molar-refractivity contribution in [2.75, 3.05) is 13.7 Å². The minimum atomic E-state index is -0.151. The van der Waals surface area contributed by atoms with E-state index < -0.39 is 0 Å². The second-order valence-corrected chi connectivity index (χ2v) is 6.27. The van der Waals surface area contributed by atoms with Crippen LogP contribution in [-0.2, 0) is 0 Å². The Bertz CT molecular complexity index is 462. The van der Waals surface area contributed by atoms with E-state index in [-0.39, 0.29) is 6.03 Å². The van der Waals surface area contributed by atoms with Crippen molar-refractivity contribution in [2.24, 2.45) is 5.92 Å². The summed E-state index contributed by atoms with van der Waals surface area (Å²) in [5, 5.41) is 2.93. The van der Waals surface area contributed by atoms with Crippen LogP contribution in [0.25, 0.3) is 0 Å². The number of amides is 1. The van der Waals surface area contributed by atoms with Crippen molar-refractivity contribution in [3.63, 3.8) is 0 Å². The van der Waals surface area contributed by atoms with Crippen LogP contribution in [0, 0.1) is 5.92 Å². The molecule has 0 aliphatic heterocycles. The number of methoxy groups -OCH3 is 1. The van der Waals surface area contributed by atoms with Crippen LogP contribution in [0.2, 0.25) is 0 Å². The molecule has 5 nitrogen and oxygen atoms in total. The minimum absolute atomic E-state index is 0.151. The molecule has 1 aliphatic carbocycles. The number of carbonyl (C=O) groups excluding carboxylic acids is 1. The number of ether oxygens (including phenoxy) is 1. The molecule has 0 bridgehead atoms. The van der Waals surface area contributed by atoms with E-state index in [1.807, 2.05) is 6.20 Å². The number of aromatic nitrogens is 2. The van der Waals surface area contributed by atoms with Gasteiger partial charge in [0.2, 0.25) is 0 Å². The lowest BCUT2D eigenvalue weighted by molar-refractivity contribution is 0.237. The van der Waals surface area contributed by atoms with Gasteiger partial charge in [-0.25, -0.2) is 9.36 Å². The minimum Gasteiger partial charge on any atom is -0.468 e. The number of imidazole rings is 1. The molecule has 0 saturated heterocycles. The zero-order valence-corrected chi connectivity index (χ0v) is 13.4. The lowest BCUT2D eigenvalue weighted by Gasteiger charge is -2.19. The normalized spacial score (nSPS) is 16.2. The summed E-state index contributed by atoms with van der Waals surface area (Å²) in [6.45, 7) is 4.97. The van der Waals surface area contributed by atoms with E-state index in [9.17, 15) is 4.79 Å². The molecular formula is C16H27N3O2. The fourth-order valence-electron chi connectivity index (χ4n) is 2.82. The van der Waals surface area contributed by atoms with Crippen LogP contribution in [0.4, 0.5) is 4.79 Å². The van der Waals surface area contributed by atoms with E-state index in [4.69, 9.17) is 4.74 Å². The topological polar surface area (TPSA) is 56.2 Å². The number of hydrogen-bond donors (Lipinski definition) is 1. The molecular weight excluding hydrogens is 266 g/mol. The Morgan fingerprint density at radius 1 is 1.43 bits per heavy atom. The Hall–Kier alpha value is -1.52. The van der Waals surface area contributed by atoms with Crippen LogP contribution < -0.4 is 10.1 Å². The van der Waals surface area contributed by atoms with Crippen LogP contribution in [0.1, 0.15) is 64.0 Å². The highest BCUT2D eigenvalue weighted by Crippen LogP contribution is 2.32. The SMILES string of the molecule is COc1nc(C2CCCCC2)cn1C(=O)NCCC(C)C. The molecule has 2 rings (SSSR count). The summed E-state index contributed by atoms with van der Waals surface area (Å²) in [6, 6.07) is 0.236. The van der Waals surface area contributed by atoms with Crippen molar-refractivity contribution in [1.29, 1.82) is 0 Å². The van der Waals surface area contributed by atoms with Crippen LogP contribution in [0.5, 0.6) is 6.01 Å². The third-order valence-electron chi connectivity index (χ3n) is 4.11. The molecule has 1 N–H and O–H groups in total. The third-order valence-corrected chi connectivity index (χ3v) is 4.11. The lowest BCUT2D eigenvalue weighted by atomic mass is 9.87. The fraction of sp³-hybridized carbons (Fsp3) is 0.750. The molecule has 1 aromatic rings. The summed E-state index contributed by atoms with van der Waals surface area (Å²) >= 11 is 0. The van der Waals surface area contributed by atoms with E-state index in [1.54, 1.807) is 7.11 Å². The molecule has 1 saturated carbocycles. The second-order valence-electron chi connectivity index (χ2n) is 6.27. The maximum absolute atomic E-state index is 12.2. The molecule has 5 heteroatoms. The van der Waals surface area contributed by atoms with E-state index in [0.29, 0.717) is 24.4 Å². The highest BCUT2D eigenvalue weighted by Gasteiger charge is 2.22. The first kappa shape index (κ1) is 15.9. The van der Waals surface area contributed by atoms with Crippen molar-refractivity contribution < 1.29 is 9.53 Å². The maximum Gasteiger partial charge on any atom is 0.329 e. The molecule has 1 fully saturated rings. The second kappa shape index (κ2) is 7.48. The quantitative estimate of drug-likeness (QED) is 0.903. The Labute approximate surface area is 127 Å². The molecule has 1 amide bonds. The molecule has 0 spiro atoms. The number of carbonyl (C=O) groups is 1. The first-order valence-electron chi connectivity index (χ1n) is 8.03. The molecule has 118 valence electrons. The fourth-order valence-corrected chi connectivity index (χ4v) is 2.82. The van der Waals surface area contributed by atoms with Crippen LogP contribution in [0.3, 0.4) is 0 Å². The highest BCUT2D eigenvalue weighted by atomic mass is 16.5. The Kier molecular flexibility index (Phi) is 5.65. The zero-order valence-electron chi connectivity index (χ0n) is 13.4. The van der Waals surface area contributed by atoms with Gasteiger partial charge in [0.05, 0.1) is 12.8 Å². The molecule has 1 aromatic heterocycles. The van der Waals surface area contributed by atoms with Gasteiger partial charge < -0.3 is 10.1 Å². The van der Waals surface area contributed by atoms with E-state index in [0.717, 1.165) is 25.0 Å². The first-order valence-corrected chi connectivity index (χ1v) is 8.03. The average molecular weight is 293 g/mol. The van der Waals surface area contributed by atoms with Gasteiger partial charge in [0.1, 0.15) is 0 Å². The van der Waals surface area contributed by atoms with E-state index >= 15 is 0 Å². The van der Waals surface area contributed by atoms with Crippen molar-refractivity contribution in [3.8, 4) is 6.01 Å². The summed E-state index contributed by atoms with van der Waals surface area (Å²) in [7, 11) is 1.56. The number of nitrogens with one attached hydrogen (secondary N) is 1. The van der Waals surface area contributed by atoms with Gasteiger partial charge in [-0.2, -0.15) is 4.98 Å². The van der Waals surface area contributed by atoms with Crippen molar-refractivity contribution in [3.05, 3.63) is 11.9 Å². The predicted molar refractivity (Wildman–Crippen MR) is 82.9 cm³/mol. The van der Waals surface area contributed by atoms with Gasteiger partial charge in [-0.1, -0.05) is 33.1 Å². The molecule has 0 aromatic carbocycles. The van der Waals surface area contributed by atoms with Gasteiger partial charge in [-0.15, -0.1) is 0 Å². The molecule has 21 heavy (non-hydrogen) atoms. The Balaban J connectivity index is 2.03. The van der Waals surface area contributed by atoms with Gasteiger partial charge in [0.15, 0.2) is 0 Å². The number of nitrogens with zero attached hydrogens (tertiary/aromatic N) is 2. The summed E-state index contributed by atoms with van der Waals surface area (Å²) in [4.78, 5) is 16.7. The molecule has 1 aliphatic rings. The summed E-state index contributed by atoms with van der Waals surface area (Å²) in [6.07, 6.45) is 8.95. The number of hydrogen-bond acceptors (Lipinski definition) is 3. The predicted octanol–water partition coefficient (Wildman–Crippen LogP) is 3.54. The molecule has 1 heterocycles. The largest absolute Gasteiger partial charge is 0.468 e. The standard InChI is InChI=1S/C16H27N3O2/c1-12(2)9-10-17-15(20)19-11-14(18-16(19)21-3)13-7-5-4-6-8-13/h11-13H,4-10H2,1-3H3,(H,17,20). The summed E-state index contributed by atoms with van der Waals surface area (Å²) < 4.78 is 6.76. The molecule has 0 unspecified atom stereocenters. The third kappa shape index (κ3) is 4.22. The maximum atomic E-state index is 12.2. The smallest absolute Gasteiger partial charge is 0.329 e. The lowest BCUT2D eigenvalue weighted by Crippen LogP contribution is -2.29. The summed E-state index contributed by atoms with van der Waals surface area (Å²) in [5.74, 6) is 1.05. The Morgan fingerprint density at radius 3 is 2.76 bits per heavy atom. The Morgan fingerprint density at radius 2 is 2.14 bits per heavy atom. The van der Waals surface area contributed by atoms with E-state index in [1.165, 1.54) is 23.8 Å². The average Bonchev–Trinajstić information content (AvgIpc) is 2.92. The van der Waals surface area contributed by atoms with E-state index in [2.05, 4.69) is 24.1 Å².